The first kappa shape index (κ1) is 14.0. The van der Waals surface area contributed by atoms with E-state index in [4.69, 9.17) is 4.74 Å². The highest BCUT2D eigenvalue weighted by molar-refractivity contribution is 7.16. The molecule has 1 aromatic heterocycles. The first-order chi connectivity index (χ1) is 11.4. The second-order valence-corrected chi connectivity index (χ2v) is 6.42. The molecule has 1 aliphatic rings. The predicted octanol–water partition coefficient (Wildman–Crippen LogP) is 4.81. The molecule has 112 valence electrons. The summed E-state index contributed by atoms with van der Waals surface area (Å²) in [6, 6.07) is 22.4. The zero-order valence-electron chi connectivity index (χ0n) is 12.4. The van der Waals surface area contributed by atoms with Crippen LogP contribution in [0.2, 0.25) is 0 Å². The number of fused-ring (bicyclic) bond motifs is 1. The first-order valence-electron chi connectivity index (χ1n) is 7.43. The van der Waals surface area contributed by atoms with Gasteiger partial charge in [0, 0.05) is 26.5 Å². The van der Waals surface area contributed by atoms with E-state index >= 15 is 0 Å². The van der Waals surface area contributed by atoms with Crippen LogP contribution in [0.3, 0.4) is 0 Å². The number of hydrogen-bond donors (Lipinski definition) is 0. The van der Waals surface area contributed by atoms with Crippen molar-refractivity contribution in [2.75, 3.05) is 6.61 Å². The van der Waals surface area contributed by atoms with Gasteiger partial charge < -0.3 is 4.74 Å². The van der Waals surface area contributed by atoms with E-state index in [9.17, 15) is 4.79 Å². The Morgan fingerprint density at radius 3 is 2.43 bits per heavy atom. The Labute approximate surface area is 138 Å². The van der Waals surface area contributed by atoms with E-state index in [2.05, 4.69) is 24.3 Å². The van der Waals surface area contributed by atoms with Crippen molar-refractivity contribution in [2.45, 2.75) is 0 Å². The van der Waals surface area contributed by atoms with E-state index in [-0.39, 0.29) is 0 Å². The summed E-state index contributed by atoms with van der Waals surface area (Å²) >= 11 is 1.70. The van der Waals surface area contributed by atoms with E-state index < -0.39 is 0 Å². The number of benzene rings is 2. The third-order valence-corrected chi connectivity index (χ3v) is 5.07. The quantitative estimate of drug-likeness (QED) is 0.648. The van der Waals surface area contributed by atoms with E-state index in [1.807, 2.05) is 42.5 Å². The fourth-order valence-electron chi connectivity index (χ4n) is 2.81. The standard InChI is InChI=1S/C20H14O2S/c21-12-15-13-22-17-9-5-4-8-16(17)20(15)19-11-10-18(23-19)14-6-2-1-3-7-14/h1-12H,13H2. The number of hydrogen-bond acceptors (Lipinski definition) is 3. The smallest absolute Gasteiger partial charge is 0.150 e. The van der Waals surface area contributed by atoms with Gasteiger partial charge in [-0.25, -0.2) is 0 Å². The van der Waals surface area contributed by atoms with Gasteiger partial charge in [-0.3, -0.25) is 4.79 Å². The Hall–Kier alpha value is -2.65. The number of para-hydroxylation sites is 1. The molecule has 0 bridgehead atoms. The van der Waals surface area contributed by atoms with Crippen LogP contribution in [0.1, 0.15) is 10.4 Å². The summed E-state index contributed by atoms with van der Waals surface area (Å²) in [5.41, 5.74) is 3.87. The summed E-state index contributed by atoms with van der Waals surface area (Å²) in [5.74, 6) is 0.836. The molecular formula is C20H14O2S. The molecule has 2 aromatic carbocycles. The lowest BCUT2D eigenvalue weighted by atomic mass is 9.96. The molecule has 0 amide bonds. The Morgan fingerprint density at radius 1 is 0.870 bits per heavy atom. The van der Waals surface area contributed by atoms with Crippen molar-refractivity contribution in [3.63, 3.8) is 0 Å². The minimum Gasteiger partial charge on any atom is -0.488 e. The molecule has 0 saturated heterocycles. The summed E-state index contributed by atoms with van der Waals surface area (Å²) in [5, 5.41) is 0. The van der Waals surface area contributed by atoms with Crippen molar-refractivity contribution >= 4 is 23.2 Å². The maximum Gasteiger partial charge on any atom is 0.150 e. The number of aldehydes is 1. The topological polar surface area (TPSA) is 26.3 Å². The Balaban J connectivity index is 1.84. The van der Waals surface area contributed by atoms with Crippen molar-refractivity contribution < 1.29 is 9.53 Å². The van der Waals surface area contributed by atoms with Gasteiger partial charge in [0.25, 0.3) is 0 Å². The number of carbonyl (C=O) groups excluding carboxylic acids is 1. The highest BCUT2D eigenvalue weighted by Gasteiger charge is 2.22. The lowest BCUT2D eigenvalue weighted by molar-refractivity contribution is -0.105. The molecule has 0 atom stereocenters. The van der Waals surface area contributed by atoms with Gasteiger partial charge in [0.05, 0.1) is 0 Å². The molecule has 3 heteroatoms. The number of ether oxygens (including phenoxy) is 1. The van der Waals surface area contributed by atoms with Crippen LogP contribution in [0.5, 0.6) is 5.75 Å². The van der Waals surface area contributed by atoms with Crippen molar-refractivity contribution in [3.8, 4) is 16.2 Å². The largest absolute Gasteiger partial charge is 0.488 e. The monoisotopic (exact) mass is 318 g/mol. The maximum absolute atomic E-state index is 11.5. The zero-order chi connectivity index (χ0) is 15.6. The summed E-state index contributed by atoms with van der Waals surface area (Å²) in [7, 11) is 0. The van der Waals surface area contributed by atoms with E-state index in [0.717, 1.165) is 28.0 Å². The fraction of sp³-hybridized carbons (Fsp3) is 0.0500. The zero-order valence-corrected chi connectivity index (χ0v) is 13.2. The molecule has 23 heavy (non-hydrogen) atoms. The van der Waals surface area contributed by atoms with Gasteiger partial charge in [-0.2, -0.15) is 0 Å². The number of rotatable bonds is 3. The van der Waals surface area contributed by atoms with Gasteiger partial charge >= 0.3 is 0 Å². The van der Waals surface area contributed by atoms with Crippen molar-refractivity contribution in [1.29, 1.82) is 0 Å². The molecule has 0 unspecified atom stereocenters. The van der Waals surface area contributed by atoms with Gasteiger partial charge in [0.1, 0.15) is 18.6 Å². The molecule has 0 saturated carbocycles. The third-order valence-electron chi connectivity index (χ3n) is 3.91. The van der Waals surface area contributed by atoms with Crippen molar-refractivity contribution in [1.82, 2.24) is 0 Å². The summed E-state index contributed by atoms with van der Waals surface area (Å²) in [6.07, 6.45) is 0.910. The molecule has 2 heterocycles. The molecule has 0 spiro atoms. The van der Waals surface area contributed by atoms with E-state index in [0.29, 0.717) is 12.2 Å². The highest BCUT2D eigenvalue weighted by atomic mass is 32.1. The average Bonchev–Trinajstić information content (AvgIpc) is 3.11. The van der Waals surface area contributed by atoms with Gasteiger partial charge in [-0.05, 0) is 23.8 Å². The van der Waals surface area contributed by atoms with Crippen LogP contribution < -0.4 is 4.74 Å². The third kappa shape index (κ3) is 2.49. The summed E-state index contributed by atoms with van der Waals surface area (Å²) < 4.78 is 5.69. The lowest BCUT2D eigenvalue weighted by Crippen LogP contribution is -2.12. The molecule has 2 nitrogen and oxygen atoms in total. The Kier molecular flexibility index (Phi) is 3.56. The van der Waals surface area contributed by atoms with Crippen LogP contribution in [-0.4, -0.2) is 12.9 Å². The van der Waals surface area contributed by atoms with E-state index in [1.165, 1.54) is 10.4 Å². The molecule has 4 rings (SSSR count). The second-order valence-electron chi connectivity index (χ2n) is 5.33. The molecule has 0 fully saturated rings. The van der Waals surface area contributed by atoms with Gasteiger partial charge in [-0.15, -0.1) is 11.3 Å². The van der Waals surface area contributed by atoms with Crippen LogP contribution in [0.15, 0.2) is 72.3 Å². The van der Waals surface area contributed by atoms with Crippen molar-refractivity contribution in [2.24, 2.45) is 0 Å². The van der Waals surface area contributed by atoms with Crippen molar-refractivity contribution in [3.05, 3.63) is 82.7 Å². The SMILES string of the molecule is O=CC1=C(c2ccc(-c3ccccc3)s2)c2ccccc2OC1. The van der Waals surface area contributed by atoms with Crippen LogP contribution in [0.25, 0.3) is 16.0 Å². The van der Waals surface area contributed by atoms with Crippen LogP contribution in [-0.2, 0) is 4.79 Å². The maximum atomic E-state index is 11.5. The Morgan fingerprint density at radius 2 is 1.61 bits per heavy atom. The van der Waals surface area contributed by atoms with Crippen LogP contribution in [0, 0.1) is 0 Å². The van der Waals surface area contributed by atoms with E-state index in [1.54, 1.807) is 11.3 Å². The molecule has 0 N–H and O–H groups in total. The predicted molar refractivity (Wildman–Crippen MR) is 93.8 cm³/mol. The fourth-order valence-corrected chi connectivity index (χ4v) is 3.92. The number of carbonyl (C=O) groups is 1. The summed E-state index contributed by atoms with van der Waals surface area (Å²) in [4.78, 5) is 13.8. The minimum absolute atomic E-state index is 0.328. The second kappa shape index (κ2) is 5.86. The number of thiophene rings is 1. The normalized spacial score (nSPS) is 13.4. The van der Waals surface area contributed by atoms with Crippen LogP contribution >= 0.6 is 11.3 Å². The average molecular weight is 318 g/mol. The molecule has 1 aliphatic heterocycles. The molecular weight excluding hydrogens is 304 g/mol. The minimum atomic E-state index is 0.328. The van der Waals surface area contributed by atoms with Gasteiger partial charge in [-0.1, -0.05) is 48.5 Å². The highest BCUT2D eigenvalue weighted by Crippen LogP contribution is 2.41. The van der Waals surface area contributed by atoms with Crippen LogP contribution in [0.4, 0.5) is 0 Å². The molecule has 0 radical (unpaired) electrons. The lowest BCUT2D eigenvalue weighted by Gasteiger charge is -2.20. The summed E-state index contributed by atoms with van der Waals surface area (Å²) in [6.45, 7) is 0.328. The van der Waals surface area contributed by atoms with Gasteiger partial charge in [0.15, 0.2) is 0 Å². The molecule has 3 aromatic rings. The molecule has 0 aliphatic carbocycles. The first-order valence-corrected chi connectivity index (χ1v) is 8.24. The van der Waals surface area contributed by atoms with Gasteiger partial charge in [0.2, 0.25) is 0 Å². The Bertz CT molecular complexity index is 891.